The van der Waals surface area contributed by atoms with E-state index in [-0.39, 0.29) is 0 Å². The second-order valence-corrected chi connectivity index (χ2v) is 11.2. The van der Waals surface area contributed by atoms with Gasteiger partial charge >= 0.3 is 0 Å². The lowest BCUT2D eigenvalue weighted by Crippen LogP contribution is -1.94. The number of benzene rings is 7. The first-order valence-electron chi connectivity index (χ1n) is 14.7. The quantitative estimate of drug-likeness (QED) is 0.219. The highest BCUT2D eigenvalue weighted by Crippen LogP contribution is 2.44. The molecule has 9 aromatic rings. The molecule has 2 nitrogen and oxygen atoms in total. The van der Waals surface area contributed by atoms with Crippen LogP contribution in [0.3, 0.4) is 0 Å². The normalized spacial score (nSPS) is 11.7. The van der Waals surface area contributed by atoms with E-state index in [4.69, 9.17) is 4.98 Å². The number of pyridine rings is 1. The van der Waals surface area contributed by atoms with Crippen LogP contribution in [-0.4, -0.2) is 9.97 Å². The molecule has 0 bridgehead atoms. The van der Waals surface area contributed by atoms with Crippen molar-refractivity contribution in [1.29, 1.82) is 0 Å². The Morgan fingerprint density at radius 2 is 0.860 bits per heavy atom. The van der Waals surface area contributed by atoms with Crippen molar-refractivity contribution in [2.75, 3.05) is 0 Å². The second-order valence-electron chi connectivity index (χ2n) is 11.2. The molecule has 0 aliphatic heterocycles. The minimum atomic E-state index is 0.978. The molecule has 0 atom stereocenters. The van der Waals surface area contributed by atoms with E-state index in [2.05, 4.69) is 145 Å². The van der Waals surface area contributed by atoms with Crippen molar-refractivity contribution in [1.82, 2.24) is 9.97 Å². The van der Waals surface area contributed by atoms with Crippen molar-refractivity contribution in [2.45, 2.75) is 0 Å². The van der Waals surface area contributed by atoms with Gasteiger partial charge in [-0.1, -0.05) is 133 Å². The molecular formula is C41H26N2. The molecule has 0 radical (unpaired) electrons. The zero-order valence-corrected chi connectivity index (χ0v) is 23.4. The van der Waals surface area contributed by atoms with Crippen molar-refractivity contribution in [3.8, 4) is 33.5 Å². The van der Waals surface area contributed by atoms with Gasteiger partial charge in [-0.05, 0) is 55.6 Å². The van der Waals surface area contributed by atoms with E-state index in [9.17, 15) is 0 Å². The number of aromatic nitrogens is 2. The largest absolute Gasteiger partial charge is 0.354 e. The molecule has 0 saturated carbocycles. The maximum Gasteiger partial charge on any atom is 0.0787 e. The lowest BCUT2D eigenvalue weighted by atomic mass is 9.86. The molecule has 0 unspecified atom stereocenters. The van der Waals surface area contributed by atoms with Gasteiger partial charge in [0.15, 0.2) is 0 Å². The second kappa shape index (κ2) is 9.40. The number of para-hydroxylation sites is 2. The molecule has 0 saturated heterocycles. The number of nitrogens with one attached hydrogen (secondary N) is 1. The first-order chi connectivity index (χ1) is 21.4. The third kappa shape index (κ3) is 3.57. The number of nitrogens with zero attached hydrogens (tertiary/aromatic N) is 1. The minimum absolute atomic E-state index is 0.978. The highest BCUT2D eigenvalue weighted by molar-refractivity contribution is 6.28. The third-order valence-electron chi connectivity index (χ3n) is 8.88. The van der Waals surface area contributed by atoms with Gasteiger partial charge < -0.3 is 4.98 Å². The van der Waals surface area contributed by atoms with Crippen molar-refractivity contribution in [2.24, 2.45) is 0 Å². The smallest absolute Gasteiger partial charge is 0.0787 e. The van der Waals surface area contributed by atoms with Gasteiger partial charge in [0.05, 0.1) is 11.2 Å². The molecule has 0 aliphatic rings. The molecule has 1 N–H and O–H groups in total. The molecule has 0 spiro atoms. The Labute approximate surface area is 248 Å². The van der Waals surface area contributed by atoms with Crippen molar-refractivity contribution in [3.63, 3.8) is 0 Å². The predicted molar refractivity (Wildman–Crippen MR) is 182 cm³/mol. The maximum absolute atomic E-state index is 5.05. The summed E-state index contributed by atoms with van der Waals surface area (Å²) >= 11 is 0. The number of rotatable bonds is 3. The fourth-order valence-electron chi connectivity index (χ4n) is 7.04. The molecule has 200 valence electrons. The first-order valence-corrected chi connectivity index (χ1v) is 14.7. The Morgan fingerprint density at radius 3 is 1.63 bits per heavy atom. The summed E-state index contributed by atoms with van der Waals surface area (Å²) in [5.41, 5.74) is 9.04. The molecule has 2 heteroatoms. The van der Waals surface area contributed by atoms with Crippen molar-refractivity contribution >= 4 is 54.1 Å². The Hall–Kier alpha value is -5.73. The van der Waals surface area contributed by atoms with Gasteiger partial charge in [-0.3, -0.25) is 4.98 Å². The van der Waals surface area contributed by atoms with Crippen LogP contribution in [0.2, 0.25) is 0 Å². The standard InChI is InChI=1S/C41H26N2/c1-2-13-28-26(12-1)27-14-3-5-17-31(27)39-32(28)19-9-20-33(39)29-15-4-6-18-34(29)40-36(23-11-25-42-40)37-22-10-21-35-30-16-7-8-24-38(30)43-41(35)37/h1-25,43H. The van der Waals surface area contributed by atoms with Gasteiger partial charge in [0, 0.05) is 39.2 Å². The van der Waals surface area contributed by atoms with Crippen LogP contribution < -0.4 is 0 Å². The van der Waals surface area contributed by atoms with E-state index in [1.807, 2.05) is 12.3 Å². The van der Waals surface area contributed by atoms with Gasteiger partial charge in [-0.15, -0.1) is 0 Å². The van der Waals surface area contributed by atoms with Gasteiger partial charge in [-0.2, -0.15) is 0 Å². The fraction of sp³-hybridized carbons (Fsp3) is 0. The molecular weight excluding hydrogens is 520 g/mol. The summed E-state index contributed by atoms with van der Waals surface area (Å²) in [5, 5.41) is 10.1. The first kappa shape index (κ1) is 23.9. The topological polar surface area (TPSA) is 28.7 Å². The summed E-state index contributed by atoms with van der Waals surface area (Å²) in [6.07, 6.45) is 1.91. The van der Waals surface area contributed by atoms with Crippen LogP contribution in [-0.2, 0) is 0 Å². The van der Waals surface area contributed by atoms with Crippen LogP contribution in [0.4, 0.5) is 0 Å². The van der Waals surface area contributed by atoms with Gasteiger partial charge in [0.2, 0.25) is 0 Å². The van der Waals surface area contributed by atoms with E-state index < -0.39 is 0 Å². The fourth-order valence-corrected chi connectivity index (χ4v) is 7.04. The zero-order valence-electron chi connectivity index (χ0n) is 23.4. The van der Waals surface area contributed by atoms with Gasteiger partial charge in [0.1, 0.15) is 0 Å². The highest BCUT2D eigenvalue weighted by Gasteiger charge is 2.19. The van der Waals surface area contributed by atoms with Crippen LogP contribution in [0.15, 0.2) is 152 Å². The Kier molecular flexibility index (Phi) is 5.23. The molecule has 2 aromatic heterocycles. The number of aromatic amines is 1. The molecule has 43 heavy (non-hydrogen) atoms. The minimum Gasteiger partial charge on any atom is -0.354 e. The van der Waals surface area contributed by atoms with Gasteiger partial charge in [0.25, 0.3) is 0 Å². The zero-order chi connectivity index (χ0) is 28.3. The highest BCUT2D eigenvalue weighted by atomic mass is 14.7. The number of hydrogen-bond donors (Lipinski definition) is 1. The molecule has 9 rings (SSSR count). The summed E-state index contributed by atoms with van der Waals surface area (Å²) < 4.78 is 0. The molecule has 0 amide bonds. The van der Waals surface area contributed by atoms with Crippen LogP contribution in [0.25, 0.3) is 87.6 Å². The van der Waals surface area contributed by atoms with Crippen LogP contribution in [0.1, 0.15) is 0 Å². The average Bonchev–Trinajstić information content (AvgIpc) is 3.47. The third-order valence-corrected chi connectivity index (χ3v) is 8.88. The number of hydrogen-bond acceptors (Lipinski definition) is 1. The lowest BCUT2D eigenvalue weighted by Gasteiger charge is -2.17. The van der Waals surface area contributed by atoms with E-state index >= 15 is 0 Å². The van der Waals surface area contributed by atoms with Crippen molar-refractivity contribution in [3.05, 3.63) is 152 Å². The molecule has 0 aliphatic carbocycles. The van der Waals surface area contributed by atoms with Gasteiger partial charge in [-0.25, -0.2) is 0 Å². The van der Waals surface area contributed by atoms with E-state index in [1.54, 1.807) is 0 Å². The maximum atomic E-state index is 5.05. The lowest BCUT2D eigenvalue weighted by molar-refractivity contribution is 1.33. The number of H-pyrrole nitrogens is 1. The Balaban J connectivity index is 1.35. The summed E-state index contributed by atoms with van der Waals surface area (Å²) in [4.78, 5) is 8.75. The van der Waals surface area contributed by atoms with E-state index in [1.165, 1.54) is 54.2 Å². The van der Waals surface area contributed by atoms with Crippen LogP contribution in [0.5, 0.6) is 0 Å². The summed E-state index contributed by atoms with van der Waals surface area (Å²) in [6.45, 7) is 0. The molecule has 0 fully saturated rings. The molecule has 7 aromatic carbocycles. The summed E-state index contributed by atoms with van der Waals surface area (Å²) in [5.74, 6) is 0. The summed E-state index contributed by atoms with van der Waals surface area (Å²) in [7, 11) is 0. The molecule has 2 heterocycles. The number of fused-ring (bicyclic) bond motifs is 9. The average molecular weight is 547 g/mol. The van der Waals surface area contributed by atoms with Crippen LogP contribution in [0, 0.1) is 0 Å². The van der Waals surface area contributed by atoms with Crippen LogP contribution >= 0.6 is 0 Å². The predicted octanol–water partition coefficient (Wildman–Crippen LogP) is 11.2. The Bertz CT molecular complexity index is 2470. The van der Waals surface area contributed by atoms with Crippen molar-refractivity contribution < 1.29 is 0 Å². The Morgan fingerprint density at radius 1 is 0.349 bits per heavy atom. The summed E-state index contributed by atoms with van der Waals surface area (Å²) in [6, 6.07) is 52.3. The monoisotopic (exact) mass is 546 g/mol. The van der Waals surface area contributed by atoms with E-state index in [0.29, 0.717) is 0 Å². The SMILES string of the molecule is c1ccc(-c2cccc3c4ccccc4c4ccccc4c23)c(-c2ncccc2-c2cccc3c2[nH]c2ccccc23)c1. The van der Waals surface area contributed by atoms with E-state index in [0.717, 1.165) is 33.4 Å².